The van der Waals surface area contributed by atoms with Gasteiger partial charge in [0.2, 0.25) is 5.91 Å². The summed E-state index contributed by atoms with van der Waals surface area (Å²) in [6.07, 6.45) is 1.76. The van der Waals surface area contributed by atoms with E-state index in [-0.39, 0.29) is 11.7 Å². The Hall–Kier alpha value is -3.50. The molecular formula is C23H23ClN8OS. The van der Waals surface area contributed by atoms with Crippen LogP contribution >= 0.6 is 23.4 Å². The summed E-state index contributed by atoms with van der Waals surface area (Å²) in [5, 5.41) is 17.2. The number of rotatable bonds is 8. The fraction of sp³-hybridized carbons (Fsp3) is 0.217. The number of carbonyl (C=O) groups excluding carboxylic acids is 1. The maximum atomic E-state index is 12.8. The Morgan fingerprint density at radius 3 is 2.47 bits per heavy atom. The summed E-state index contributed by atoms with van der Waals surface area (Å²) < 4.78 is 3.45. The zero-order valence-corrected chi connectivity index (χ0v) is 20.6. The van der Waals surface area contributed by atoms with Crippen LogP contribution in [0.5, 0.6) is 0 Å². The van der Waals surface area contributed by atoms with Gasteiger partial charge < -0.3 is 5.32 Å². The van der Waals surface area contributed by atoms with E-state index < -0.39 is 0 Å². The molecule has 1 N–H and O–H groups in total. The van der Waals surface area contributed by atoms with Crippen molar-refractivity contribution in [3.8, 4) is 17.3 Å². The number of anilines is 1. The lowest BCUT2D eigenvalue weighted by atomic mass is 10.2. The number of allylic oxidation sites excluding steroid dienone is 1. The highest BCUT2D eigenvalue weighted by Crippen LogP contribution is 2.25. The molecule has 0 aliphatic heterocycles. The van der Waals surface area contributed by atoms with Gasteiger partial charge in [-0.1, -0.05) is 29.4 Å². The van der Waals surface area contributed by atoms with Crippen molar-refractivity contribution >= 4 is 35.1 Å². The molecule has 9 nitrogen and oxygen atoms in total. The zero-order valence-electron chi connectivity index (χ0n) is 19.0. The number of hydrogen-bond acceptors (Lipinski definition) is 7. The predicted molar refractivity (Wildman–Crippen MR) is 133 cm³/mol. The molecule has 0 radical (unpaired) electrons. The van der Waals surface area contributed by atoms with Crippen LogP contribution in [0.2, 0.25) is 5.02 Å². The Morgan fingerprint density at radius 1 is 1.09 bits per heavy atom. The summed E-state index contributed by atoms with van der Waals surface area (Å²) in [4.78, 5) is 21.7. The van der Waals surface area contributed by atoms with Gasteiger partial charge in [0.25, 0.3) is 5.95 Å². The minimum Gasteiger partial charge on any atom is -0.310 e. The largest absolute Gasteiger partial charge is 0.310 e. The van der Waals surface area contributed by atoms with Crippen LogP contribution in [0.15, 0.2) is 54.2 Å². The fourth-order valence-electron chi connectivity index (χ4n) is 3.35. The number of nitrogens with zero attached hydrogens (tertiary/aromatic N) is 7. The average molecular weight is 495 g/mol. The van der Waals surface area contributed by atoms with Crippen LogP contribution in [-0.4, -0.2) is 46.2 Å². The van der Waals surface area contributed by atoms with Crippen LogP contribution in [0.4, 0.5) is 5.82 Å². The van der Waals surface area contributed by atoms with Crippen molar-refractivity contribution in [2.75, 3.05) is 11.1 Å². The number of thioether (sulfide) groups is 1. The van der Waals surface area contributed by atoms with Crippen molar-refractivity contribution in [1.82, 2.24) is 34.5 Å². The first-order chi connectivity index (χ1) is 16.3. The zero-order chi connectivity index (χ0) is 24.2. The normalized spacial score (nSPS) is 10.9. The summed E-state index contributed by atoms with van der Waals surface area (Å²) in [6, 6.07) is 11.0. The van der Waals surface area contributed by atoms with E-state index in [9.17, 15) is 4.79 Å². The second-order valence-corrected chi connectivity index (χ2v) is 8.96. The first-order valence-electron chi connectivity index (χ1n) is 10.5. The average Bonchev–Trinajstić information content (AvgIpc) is 3.35. The van der Waals surface area contributed by atoms with E-state index in [2.05, 4.69) is 37.2 Å². The monoisotopic (exact) mass is 494 g/mol. The summed E-state index contributed by atoms with van der Waals surface area (Å²) in [5.74, 6) is 1.51. The molecule has 3 heterocycles. The molecule has 0 atom stereocenters. The summed E-state index contributed by atoms with van der Waals surface area (Å²) in [5.41, 5.74) is 3.26. The van der Waals surface area contributed by atoms with Gasteiger partial charge in [-0.25, -0.2) is 9.97 Å². The van der Waals surface area contributed by atoms with Gasteiger partial charge in [0.1, 0.15) is 5.82 Å². The minimum absolute atomic E-state index is 0.133. The topological polar surface area (TPSA) is 103 Å². The Morgan fingerprint density at radius 2 is 1.79 bits per heavy atom. The summed E-state index contributed by atoms with van der Waals surface area (Å²) in [6.45, 7) is 9.95. The number of carbonyl (C=O) groups is 1. The molecule has 0 bridgehead atoms. The first kappa shape index (κ1) is 23.7. The quantitative estimate of drug-likeness (QED) is 0.285. The molecule has 0 aliphatic rings. The van der Waals surface area contributed by atoms with Crippen LogP contribution in [0, 0.1) is 20.8 Å². The van der Waals surface area contributed by atoms with Crippen molar-refractivity contribution in [3.63, 3.8) is 0 Å². The third-order valence-corrected chi connectivity index (χ3v) is 5.94. The third-order valence-electron chi connectivity index (χ3n) is 4.72. The lowest BCUT2D eigenvalue weighted by molar-refractivity contribution is -0.113. The highest BCUT2D eigenvalue weighted by Gasteiger charge is 2.17. The van der Waals surface area contributed by atoms with Crippen LogP contribution in [0.25, 0.3) is 17.3 Å². The van der Waals surface area contributed by atoms with Crippen LogP contribution < -0.4 is 5.32 Å². The lowest BCUT2D eigenvalue weighted by Gasteiger charge is -2.10. The van der Waals surface area contributed by atoms with Crippen molar-refractivity contribution in [2.45, 2.75) is 32.5 Å². The maximum Gasteiger partial charge on any atom is 0.252 e. The molecule has 4 aromatic rings. The summed E-state index contributed by atoms with van der Waals surface area (Å²) in [7, 11) is 0. The second-order valence-electron chi connectivity index (χ2n) is 7.58. The number of nitrogens with one attached hydrogen (secondary N) is 1. The standard InChI is InChI=1S/C23H23ClN8OS/c1-5-10-31-21(17-6-8-18(24)9-7-17)28-29-23(31)34-13-20(33)27-19-12-16(4)30-32(19)22-25-14(2)11-15(3)26-22/h5-9,11-12H,1,10,13H2,2-4H3,(H,27,33). The molecule has 0 unspecified atom stereocenters. The van der Waals surface area contributed by atoms with Gasteiger partial charge in [-0.05, 0) is 51.1 Å². The SMILES string of the molecule is C=CCn1c(SCC(=O)Nc2cc(C)nn2-c2nc(C)cc(C)n2)nnc1-c1ccc(Cl)cc1. The number of benzene rings is 1. The van der Waals surface area contributed by atoms with Gasteiger partial charge in [0.15, 0.2) is 11.0 Å². The van der Waals surface area contributed by atoms with Crippen molar-refractivity contribution in [2.24, 2.45) is 0 Å². The molecule has 11 heteroatoms. The van der Waals surface area contributed by atoms with Gasteiger partial charge in [0, 0.05) is 34.6 Å². The molecule has 1 aromatic carbocycles. The molecule has 0 fully saturated rings. The molecular weight excluding hydrogens is 472 g/mol. The molecule has 0 aliphatic carbocycles. The number of aryl methyl sites for hydroxylation is 3. The highest BCUT2D eigenvalue weighted by atomic mass is 35.5. The summed E-state index contributed by atoms with van der Waals surface area (Å²) >= 11 is 7.29. The fourth-order valence-corrected chi connectivity index (χ4v) is 4.23. The second kappa shape index (κ2) is 10.2. The molecule has 3 aromatic heterocycles. The van der Waals surface area contributed by atoms with E-state index in [1.54, 1.807) is 24.3 Å². The van der Waals surface area contributed by atoms with E-state index >= 15 is 0 Å². The number of halogens is 1. The van der Waals surface area contributed by atoms with E-state index in [1.807, 2.05) is 43.5 Å². The van der Waals surface area contributed by atoms with Crippen molar-refractivity contribution < 1.29 is 4.79 Å². The van der Waals surface area contributed by atoms with Gasteiger partial charge in [0.05, 0.1) is 11.4 Å². The molecule has 1 amide bonds. The Bertz CT molecular complexity index is 1330. The van der Waals surface area contributed by atoms with Gasteiger partial charge in [-0.2, -0.15) is 9.78 Å². The number of amides is 1. The van der Waals surface area contributed by atoms with Gasteiger partial charge in [-0.3, -0.25) is 9.36 Å². The Labute approximate surface area is 206 Å². The van der Waals surface area contributed by atoms with Crippen LogP contribution in [0.1, 0.15) is 17.1 Å². The highest BCUT2D eigenvalue weighted by molar-refractivity contribution is 7.99. The molecule has 34 heavy (non-hydrogen) atoms. The third kappa shape index (κ3) is 5.35. The lowest BCUT2D eigenvalue weighted by Crippen LogP contribution is -2.18. The van der Waals surface area contributed by atoms with Crippen LogP contribution in [0.3, 0.4) is 0 Å². The van der Waals surface area contributed by atoms with E-state index in [4.69, 9.17) is 11.6 Å². The van der Waals surface area contributed by atoms with Crippen molar-refractivity contribution in [1.29, 1.82) is 0 Å². The maximum absolute atomic E-state index is 12.8. The van der Waals surface area contributed by atoms with E-state index in [0.717, 1.165) is 22.6 Å². The Balaban J connectivity index is 1.50. The van der Waals surface area contributed by atoms with Gasteiger partial charge in [-0.15, -0.1) is 16.8 Å². The smallest absolute Gasteiger partial charge is 0.252 e. The number of aromatic nitrogens is 7. The molecule has 174 valence electrons. The van der Waals surface area contributed by atoms with E-state index in [1.165, 1.54) is 16.4 Å². The van der Waals surface area contributed by atoms with Gasteiger partial charge >= 0.3 is 0 Å². The first-order valence-corrected chi connectivity index (χ1v) is 11.8. The van der Waals surface area contributed by atoms with E-state index in [0.29, 0.717) is 34.3 Å². The van der Waals surface area contributed by atoms with Crippen LogP contribution in [-0.2, 0) is 11.3 Å². The Kier molecular flexibility index (Phi) is 7.09. The number of hydrogen-bond donors (Lipinski definition) is 1. The molecule has 0 saturated carbocycles. The van der Waals surface area contributed by atoms with Crippen molar-refractivity contribution in [3.05, 3.63) is 71.2 Å². The molecule has 0 spiro atoms. The molecule has 4 rings (SSSR count). The predicted octanol–water partition coefficient (Wildman–Crippen LogP) is 4.42. The molecule has 0 saturated heterocycles. The minimum atomic E-state index is -0.211.